The standard InChI is InChI=1S/C18H15F3N4OS/c1-10(17(26)22-15-8-7-13(20)9-14(15)21)27-18-24-23-16(25(18)2)11-3-5-12(19)6-4-11/h3-10H,1-2H3,(H,22,26)/t10-/m1/s1. The van der Waals surface area contributed by atoms with Crippen LogP contribution in [0, 0.1) is 17.5 Å². The summed E-state index contributed by atoms with van der Waals surface area (Å²) in [5.41, 5.74) is 0.586. The highest BCUT2D eigenvalue weighted by Crippen LogP contribution is 2.26. The van der Waals surface area contributed by atoms with Crippen LogP contribution in [0.15, 0.2) is 47.6 Å². The zero-order chi connectivity index (χ0) is 19.6. The molecule has 9 heteroatoms. The molecule has 0 bridgehead atoms. The van der Waals surface area contributed by atoms with Gasteiger partial charge < -0.3 is 9.88 Å². The van der Waals surface area contributed by atoms with Gasteiger partial charge in [-0.2, -0.15) is 0 Å². The highest BCUT2D eigenvalue weighted by atomic mass is 32.2. The number of rotatable bonds is 5. The minimum atomic E-state index is -0.849. The zero-order valence-corrected chi connectivity index (χ0v) is 15.2. The van der Waals surface area contributed by atoms with Crippen molar-refractivity contribution < 1.29 is 18.0 Å². The van der Waals surface area contributed by atoms with Crippen LogP contribution in [0.4, 0.5) is 18.9 Å². The first-order valence-corrected chi connectivity index (χ1v) is 8.81. The third kappa shape index (κ3) is 4.30. The van der Waals surface area contributed by atoms with Gasteiger partial charge in [-0.15, -0.1) is 10.2 Å². The maximum atomic E-state index is 13.7. The third-order valence-electron chi connectivity index (χ3n) is 3.78. The molecule has 0 fully saturated rings. The number of halogens is 3. The Morgan fingerprint density at radius 2 is 1.74 bits per heavy atom. The molecule has 1 atom stereocenters. The van der Waals surface area contributed by atoms with Crippen molar-refractivity contribution >= 4 is 23.4 Å². The predicted octanol–water partition coefficient (Wildman–Crippen LogP) is 4.02. The Morgan fingerprint density at radius 3 is 2.41 bits per heavy atom. The summed E-state index contributed by atoms with van der Waals surface area (Å²) in [6.45, 7) is 1.63. The Balaban J connectivity index is 1.71. The first kappa shape index (κ1) is 19.0. The topological polar surface area (TPSA) is 59.8 Å². The van der Waals surface area contributed by atoms with Crippen molar-refractivity contribution in [2.75, 3.05) is 5.32 Å². The Kier molecular flexibility index (Phi) is 5.50. The summed E-state index contributed by atoms with van der Waals surface area (Å²) >= 11 is 1.13. The normalized spacial score (nSPS) is 12.0. The maximum absolute atomic E-state index is 13.7. The molecule has 3 rings (SSSR count). The fourth-order valence-electron chi connectivity index (χ4n) is 2.30. The lowest BCUT2D eigenvalue weighted by atomic mass is 10.2. The molecule has 5 nitrogen and oxygen atoms in total. The molecule has 3 aromatic rings. The van der Waals surface area contributed by atoms with Gasteiger partial charge in [0.1, 0.15) is 17.5 Å². The molecule has 1 aromatic heterocycles. The fourth-order valence-corrected chi connectivity index (χ4v) is 3.12. The number of benzene rings is 2. The Bertz CT molecular complexity index is 975. The van der Waals surface area contributed by atoms with Gasteiger partial charge in [-0.1, -0.05) is 11.8 Å². The number of anilines is 1. The number of nitrogens with zero attached hydrogens (tertiary/aromatic N) is 3. The number of nitrogens with one attached hydrogen (secondary N) is 1. The molecule has 1 amide bonds. The van der Waals surface area contributed by atoms with Crippen LogP contribution < -0.4 is 5.32 Å². The second-order valence-electron chi connectivity index (χ2n) is 5.75. The molecule has 0 aliphatic heterocycles. The smallest absolute Gasteiger partial charge is 0.237 e. The maximum Gasteiger partial charge on any atom is 0.237 e. The Labute approximate surface area is 157 Å². The van der Waals surface area contributed by atoms with E-state index in [9.17, 15) is 18.0 Å². The molecule has 1 N–H and O–H groups in total. The number of aromatic nitrogens is 3. The second-order valence-corrected chi connectivity index (χ2v) is 7.05. The largest absolute Gasteiger partial charge is 0.323 e. The molecule has 0 aliphatic carbocycles. The summed E-state index contributed by atoms with van der Waals surface area (Å²) in [4.78, 5) is 12.3. The first-order chi connectivity index (χ1) is 12.8. The molecule has 0 saturated heterocycles. The Hall–Kier alpha value is -2.81. The van der Waals surface area contributed by atoms with Crippen molar-refractivity contribution in [1.29, 1.82) is 0 Å². The van der Waals surface area contributed by atoms with Gasteiger partial charge >= 0.3 is 0 Å². The molecule has 0 unspecified atom stereocenters. The van der Waals surface area contributed by atoms with E-state index in [1.807, 2.05) is 0 Å². The van der Waals surface area contributed by atoms with Crippen LogP contribution in [0.3, 0.4) is 0 Å². The van der Waals surface area contributed by atoms with Gasteiger partial charge in [0.25, 0.3) is 0 Å². The van der Waals surface area contributed by atoms with E-state index in [2.05, 4.69) is 15.5 Å². The van der Waals surface area contributed by atoms with Gasteiger partial charge in [-0.25, -0.2) is 13.2 Å². The molecule has 140 valence electrons. The summed E-state index contributed by atoms with van der Waals surface area (Å²) in [5.74, 6) is -1.86. The Morgan fingerprint density at radius 1 is 1.07 bits per heavy atom. The number of thioether (sulfide) groups is 1. The molecule has 0 saturated carbocycles. The van der Waals surface area contributed by atoms with E-state index in [1.54, 1.807) is 30.7 Å². The van der Waals surface area contributed by atoms with Crippen LogP contribution in [0.5, 0.6) is 0 Å². The van der Waals surface area contributed by atoms with Crippen molar-refractivity contribution in [3.05, 3.63) is 59.9 Å². The van der Waals surface area contributed by atoms with Gasteiger partial charge in [-0.3, -0.25) is 4.79 Å². The molecule has 0 spiro atoms. The molecule has 1 heterocycles. The molecule has 0 aliphatic rings. The van der Waals surface area contributed by atoms with Crippen LogP contribution in [0.2, 0.25) is 0 Å². The lowest BCUT2D eigenvalue weighted by Gasteiger charge is -2.12. The number of hydrogen-bond acceptors (Lipinski definition) is 4. The van der Waals surface area contributed by atoms with Crippen LogP contribution in [0.1, 0.15) is 6.92 Å². The molecule has 2 aromatic carbocycles. The number of hydrogen-bond donors (Lipinski definition) is 1. The van der Waals surface area contributed by atoms with E-state index in [1.165, 1.54) is 12.1 Å². The summed E-state index contributed by atoms with van der Waals surface area (Å²) in [6, 6.07) is 8.74. The first-order valence-electron chi connectivity index (χ1n) is 7.93. The quantitative estimate of drug-likeness (QED) is 0.667. The van der Waals surface area contributed by atoms with Gasteiger partial charge in [0, 0.05) is 18.7 Å². The summed E-state index contributed by atoms with van der Waals surface area (Å²) < 4.78 is 41.4. The minimum Gasteiger partial charge on any atom is -0.323 e. The summed E-state index contributed by atoms with van der Waals surface area (Å²) in [7, 11) is 1.73. The summed E-state index contributed by atoms with van der Waals surface area (Å²) in [5, 5.41) is 10.4. The number of carbonyl (C=O) groups is 1. The number of carbonyl (C=O) groups excluding carboxylic acids is 1. The predicted molar refractivity (Wildman–Crippen MR) is 96.7 cm³/mol. The van der Waals surface area contributed by atoms with Gasteiger partial charge in [0.05, 0.1) is 10.9 Å². The molecular formula is C18H15F3N4OS. The van der Waals surface area contributed by atoms with Gasteiger partial charge in [0.2, 0.25) is 5.91 Å². The van der Waals surface area contributed by atoms with Crippen LogP contribution in [-0.4, -0.2) is 25.9 Å². The lowest BCUT2D eigenvalue weighted by molar-refractivity contribution is -0.115. The second kappa shape index (κ2) is 7.83. The van der Waals surface area contributed by atoms with E-state index < -0.39 is 22.8 Å². The van der Waals surface area contributed by atoms with E-state index >= 15 is 0 Å². The van der Waals surface area contributed by atoms with E-state index in [0.29, 0.717) is 22.6 Å². The van der Waals surface area contributed by atoms with Crippen molar-refractivity contribution in [2.45, 2.75) is 17.3 Å². The van der Waals surface area contributed by atoms with Crippen molar-refractivity contribution in [1.82, 2.24) is 14.8 Å². The van der Waals surface area contributed by atoms with Crippen LogP contribution in [-0.2, 0) is 11.8 Å². The zero-order valence-electron chi connectivity index (χ0n) is 14.4. The van der Waals surface area contributed by atoms with E-state index in [0.717, 1.165) is 23.9 Å². The molecular weight excluding hydrogens is 377 g/mol. The highest BCUT2D eigenvalue weighted by molar-refractivity contribution is 8.00. The van der Waals surface area contributed by atoms with Gasteiger partial charge in [-0.05, 0) is 43.3 Å². The minimum absolute atomic E-state index is 0.0983. The highest BCUT2D eigenvalue weighted by Gasteiger charge is 2.20. The van der Waals surface area contributed by atoms with E-state index in [-0.39, 0.29) is 11.5 Å². The van der Waals surface area contributed by atoms with Gasteiger partial charge in [0.15, 0.2) is 11.0 Å². The van der Waals surface area contributed by atoms with Crippen molar-refractivity contribution in [3.63, 3.8) is 0 Å². The van der Waals surface area contributed by atoms with Crippen LogP contribution >= 0.6 is 11.8 Å². The summed E-state index contributed by atoms with van der Waals surface area (Å²) in [6.07, 6.45) is 0. The lowest BCUT2D eigenvalue weighted by Crippen LogP contribution is -2.23. The van der Waals surface area contributed by atoms with Crippen molar-refractivity contribution in [3.8, 4) is 11.4 Å². The molecule has 0 radical (unpaired) electrons. The third-order valence-corrected chi connectivity index (χ3v) is 4.91. The molecule has 27 heavy (non-hydrogen) atoms. The average molecular weight is 392 g/mol. The fraction of sp³-hybridized carbons (Fsp3) is 0.167. The monoisotopic (exact) mass is 392 g/mol. The average Bonchev–Trinajstić information content (AvgIpc) is 2.98. The van der Waals surface area contributed by atoms with E-state index in [4.69, 9.17) is 0 Å². The van der Waals surface area contributed by atoms with Crippen LogP contribution in [0.25, 0.3) is 11.4 Å². The SMILES string of the molecule is C[C@@H](Sc1nnc(-c2ccc(F)cc2)n1C)C(=O)Nc1ccc(F)cc1F. The number of amides is 1. The van der Waals surface area contributed by atoms with Crippen molar-refractivity contribution in [2.24, 2.45) is 7.05 Å².